The molecule has 0 N–H and O–H groups in total. The van der Waals surface area contributed by atoms with Gasteiger partial charge in [0.05, 0.1) is 0 Å². The molecule has 22 heavy (non-hydrogen) atoms. The van der Waals surface area contributed by atoms with Gasteiger partial charge in [0.15, 0.2) is 6.10 Å². The van der Waals surface area contributed by atoms with Crippen LogP contribution in [0.5, 0.6) is 5.75 Å². The zero-order chi connectivity index (χ0) is 15.8. The molecule has 0 bridgehead atoms. The first-order valence-corrected chi connectivity index (χ1v) is 7.79. The summed E-state index contributed by atoms with van der Waals surface area (Å²) in [6, 6.07) is 19.5. The minimum atomic E-state index is -0.439. The largest absolute Gasteiger partial charge is 0.481 e. The van der Waals surface area contributed by atoms with E-state index in [1.807, 2.05) is 79.4 Å². The fourth-order valence-corrected chi connectivity index (χ4v) is 2.32. The van der Waals surface area contributed by atoms with Gasteiger partial charge in [-0.3, -0.25) is 4.79 Å². The molecule has 3 nitrogen and oxygen atoms in total. The van der Waals surface area contributed by atoms with Gasteiger partial charge in [-0.1, -0.05) is 55.5 Å². The first-order chi connectivity index (χ1) is 10.7. The summed E-state index contributed by atoms with van der Waals surface area (Å²) in [5, 5.41) is 0. The van der Waals surface area contributed by atoms with E-state index in [-0.39, 0.29) is 5.91 Å². The first-order valence-electron chi connectivity index (χ1n) is 7.79. The molecule has 1 amide bonds. The molecule has 1 unspecified atom stereocenters. The van der Waals surface area contributed by atoms with Gasteiger partial charge in [0, 0.05) is 13.1 Å². The maximum absolute atomic E-state index is 12.7. The maximum atomic E-state index is 12.7. The summed E-state index contributed by atoms with van der Waals surface area (Å²) in [4.78, 5) is 14.6. The second kappa shape index (κ2) is 8.23. The molecule has 0 heterocycles. The highest BCUT2D eigenvalue weighted by atomic mass is 16.5. The van der Waals surface area contributed by atoms with Crippen LogP contribution in [0.15, 0.2) is 60.7 Å². The lowest BCUT2D eigenvalue weighted by Crippen LogP contribution is -2.41. The van der Waals surface area contributed by atoms with Gasteiger partial charge in [0.2, 0.25) is 0 Å². The molecule has 2 aromatic carbocycles. The van der Waals surface area contributed by atoms with Crippen LogP contribution in [0.1, 0.15) is 25.8 Å². The van der Waals surface area contributed by atoms with Crippen molar-refractivity contribution in [2.75, 3.05) is 6.54 Å². The second-order valence-electron chi connectivity index (χ2n) is 5.17. The predicted octanol–water partition coefficient (Wildman–Crippen LogP) is 3.89. The fraction of sp³-hybridized carbons (Fsp3) is 0.316. The summed E-state index contributed by atoms with van der Waals surface area (Å²) in [7, 11) is 0. The van der Waals surface area contributed by atoms with E-state index in [0.717, 1.165) is 11.3 Å². The molecule has 0 aromatic heterocycles. The number of hydrogen-bond donors (Lipinski definition) is 0. The number of benzene rings is 2. The van der Waals surface area contributed by atoms with E-state index in [0.29, 0.717) is 19.5 Å². The van der Waals surface area contributed by atoms with Crippen molar-refractivity contribution in [3.63, 3.8) is 0 Å². The second-order valence-corrected chi connectivity index (χ2v) is 5.17. The molecule has 0 radical (unpaired) electrons. The third kappa shape index (κ3) is 4.35. The van der Waals surface area contributed by atoms with E-state index in [1.54, 1.807) is 0 Å². The molecular formula is C19H23NO2. The Labute approximate surface area is 132 Å². The highest BCUT2D eigenvalue weighted by Crippen LogP contribution is 2.15. The van der Waals surface area contributed by atoms with Crippen molar-refractivity contribution in [2.45, 2.75) is 32.9 Å². The quantitative estimate of drug-likeness (QED) is 0.776. The SMILES string of the molecule is CCC(Oc1ccccc1)C(=O)N(CC)Cc1ccccc1. The molecule has 2 aromatic rings. The van der Waals surface area contributed by atoms with Gasteiger partial charge in [-0.15, -0.1) is 0 Å². The number of nitrogens with zero attached hydrogens (tertiary/aromatic N) is 1. The number of rotatable bonds is 7. The molecule has 0 saturated carbocycles. The van der Waals surface area contributed by atoms with Gasteiger partial charge in [0.25, 0.3) is 5.91 Å². The summed E-state index contributed by atoms with van der Waals surface area (Å²) in [5.41, 5.74) is 1.13. The number of hydrogen-bond acceptors (Lipinski definition) is 2. The van der Waals surface area contributed by atoms with Gasteiger partial charge in [0.1, 0.15) is 5.75 Å². The van der Waals surface area contributed by atoms with Crippen molar-refractivity contribution in [3.05, 3.63) is 66.2 Å². The fourth-order valence-electron chi connectivity index (χ4n) is 2.32. The normalized spacial score (nSPS) is 11.7. The Bertz CT molecular complexity index is 517. The number of carbonyl (C=O) groups is 1. The van der Waals surface area contributed by atoms with E-state index in [4.69, 9.17) is 4.74 Å². The lowest BCUT2D eigenvalue weighted by Gasteiger charge is -2.26. The van der Waals surface area contributed by atoms with Crippen LogP contribution >= 0.6 is 0 Å². The van der Waals surface area contributed by atoms with Crippen LogP contribution in [0.3, 0.4) is 0 Å². The maximum Gasteiger partial charge on any atom is 0.263 e. The minimum absolute atomic E-state index is 0.0395. The van der Waals surface area contributed by atoms with E-state index < -0.39 is 6.10 Å². The lowest BCUT2D eigenvalue weighted by atomic mass is 10.2. The number of ether oxygens (including phenoxy) is 1. The standard InChI is InChI=1S/C19H23NO2/c1-3-18(22-17-13-9-6-10-14-17)19(21)20(4-2)15-16-11-7-5-8-12-16/h5-14,18H,3-4,15H2,1-2H3. The van der Waals surface area contributed by atoms with Crippen molar-refractivity contribution in [2.24, 2.45) is 0 Å². The van der Waals surface area contributed by atoms with E-state index in [1.165, 1.54) is 0 Å². The molecule has 3 heteroatoms. The van der Waals surface area contributed by atoms with Gasteiger partial charge in [-0.05, 0) is 31.0 Å². The molecule has 1 atom stereocenters. The third-order valence-corrected chi connectivity index (χ3v) is 3.58. The Morgan fingerprint density at radius 2 is 1.59 bits per heavy atom. The molecule has 2 rings (SSSR count). The highest BCUT2D eigenvalue weighted by Gasteiger charge is 2.23. The van der Waals surface area contributed by atoms with Crippen LogP contribution in [-0.4, -0.2) is 23.5 Å². The summed E-state index contributed by atoms with van der Waals surface area (Å²) in [5.74, 6) is 0.774. The first kappa shape index (κ1) is 16.1. The van der Waals surface area contributed by atoms with Crippen LogP contribution < -0.4 is 4.74 Å². The Kier molecular flexibility index (Phi) is 6.01. The average molecular weight is 297 g/mol. The monoisotopic (exact) mass is 297 g/mol. The summed E-state index contributed by atoms with van der Waals surface area (Å²) >= 11 is 0. The number of amides is 1. The molecule has 0 aliphatic rings. The Morgan fingerprint density at radius 3 is 2.14 bits per heavy atom. The van der Waals surface area contributed by atoms with E-state index >= 15 is 0 Å². The number of para-hydroxylation sites is 1. The molecule has 0 spiro atoms. The molecule has 0 saturated heterocycles. The summed E-state index contributed by atoms with van der Waals surface area (Å²) < 4.78 is 5.85. The minimum Gasteiger partial charge on any atom is -0.481 e. The molecule has 0 aliphatic carbocycles. The van der Waals surface area contributed by atoms with Gasteiger partial charge in [-0.2, -0.15) is 0 Å². The van der Waals surface area contributed by atoms with Gasteiger partial charge >= 0.3 is 0 Å². The van der Waals surface area contributed by atoms with Crippen LogP contribution in [0.25, 0.3) is 0 Å². The van der Waals surface area contributed by atoms with Crippen molar-refractivity contribution >= 4 is 5.91 Å². The predicted molar refractivity (Wildman–Crippen MR) is 88.7 cm³/mol. The zero-order valence-electron chi connectivity index (χ0n) is 13.2. The third-order valence-electron chi connectivity index (χ3n) is 3.58. The number of likely N-dealkylation sites (N-methyl/N-ethyl adjacent to an activating group) is 1. The lowest BCUT2D eigenvalue weighted by molar-refractivity contribution is -0.139. The van der Waals surface area contributed by atoms with E-state index in [9.17, 15) is 4.79 Å². The van der Waals surface area contributed by atoms with Crippen LogP contribution in [-0.2, 0) is 11.3 Å². The van der Waals surface area contributed by atoms with Crippen molar-refractivity contribution < 1.29 is 9.53 Å². The zero-order valence-corrected chi connectivity index (χ0v) is 13.2. The molecule has 116 valence electrons. The molecule has 0 aliphatic heterocycles. The Morgan fingerprint density at radius 1 is 1.00 bits per heavy atom. The van der Waals surface area contributed by atoms with Crippen LogP contribution in [0, 0.1) is 0 Å². The van der Waals surface area contributed by atoms with Crippen LogP contribution in [0.2, 0.25) is 0 Å². The van der Waals surface area contributed by atoms with Gasteiger partial charge < -0.3 is 9.64 Å². The Balaban J connectivity index is 2.05. The Hall–Kier alpha value is -2.29. The average Bonchev–Trinajstić information content (AvgIpc) is 2.59. The smallest absolute Gasteiger partial charge is 0.263 e. The van der Waals surface area contributed by atoms with Crippen molar-refractivity contribution in [1.82, 2.24) is 4.90 Å². The van der Waals surface area contributed by atoms with E-state index in [2.05, 4.69) is 0 Å². The number of carbonyl (C=O) groups excluding carboxylic acids is 1. The molecular weight excluding hydrogens is 274 g/mol. The molecule has 0 fully saturated rings. The topological polar surface area (TPSA) is 29.5 Å². The van der Waals surface area contributed by atoms with Gasteiger partial charge in [-0.25, -0.2) is 0 Å². The van der Waals surface area contributed by atoms with Crippen LogP contribution in [0.4, 0.5) is 0 Å². The van der Waals surface area contributed by atoms with Crippen molar-refractivity contribution in [1.29, 1.82) is 0 Å². The van der Waals surface area contributed by atoms with Crippen molar-refractivity contribution in [3.8, 4) is 5.75 Å². The highest BCUT2D eigenvalue weighted by molar-refractivity contribution is 5.81. The summed E-state index contributed by atoms with van der Waals surface area (Å²) in [6.07, 6.45) is 0.213. The summed E-state index contributed by atoms with van der Waals surface area (Å²) in [6.45, 7) is 5.26.